The highest BCUT2D eigenvalue weighted by atomic mass is 19.2. The number of nitrogens with one attached hydrogen (secondary N) is 2. The number of hydrogen-bond acceptors (Lipinski definition) is 3. The number of aromatic nitrogens is 1. The van der Waals surface area contributed by atoms with Crippen LogP contribution in [0.15, 0.2) is 0 Å². The summed E-state index contributed by atoms with van der Waals surface area (Å²) in [5.41, 5.74) is -1.06. The number of hydrogen-bond donors (Lipinski definition) is 2. The summed E-state index contributed by atoms with van der Waals surface area (Å²) in [4.78, 5) is 13.6. The van der Waals surface area contributed by atoms with Gasteiger partial charge in [-0.3, -0.25) is 4.79 Å². The zero-order chi connectivity index (χ0) is 13.9. The van der Waals surface area contributed by atoms with Crippen molar-refractivity contribution >= 4 is 11.6 Å². The van der Waals surface area contributed by atoms with Crippen LogP contribution in [0.2, 0.25) is 0 Å². The minimum absolute atomic E-state index is 0.167. The third-order valence-electron chi connectivity index (χ3n) is 1.87. The summed E-state index contributed by atoms with van der Waals surface area (Å²) >= 11 is 0. The molecule has 0 aliphatic heterocycles. The fourth-order valence-corrected chi connectivity index (χ4v) is 1.18. The van der Waals surface area contributed by atoms with Crippen molar-refractivity contribution in [1.82, 2.24) is 10.3 Å². The van der Waals surface area contributed by atoms with Crippen LogP contribution in [0.1, 0.15) is 13.8 Å². The summed E-state index contributed by atoms with van der Waals surface area (Å²) in [6.07, 6.45) is 0. The third kappa shape index (κ3) is 3.31. The summed E-state index contributed by atoms with van der Waals surface area (Å²) in [5.74, 6) is -7.47. The number of pyridine rings is 1. The summed E-state index contributed by atoms with van der Waals surface area (Å²) in [6, 6.07) is -0.167. The summed E-state index contributed by atoms with van der Waals surface area (Å²) < 4.78 is 51.7. The van der Waals surface area contributed by atoms with Crippen molar-refractivity contribution in [3.63, 3.8) is 0 Å². The van der Waals surface area contributed by atoms with E-state index in [0.717, 1.165) is 0 Å². The number of carbonyl (C=O) groups excluding carboxylic acids is 1. The molecule has 0 unspecified atom stereocenters. The summed E-state index contributed by atoms with van der Waals surface area (Å²) in [5, 5.41) is 4.42. The van der Waals surface area contributed by atoms with Crippen molar-refractivity contribution in [3.8, 4) is 0 Å². The molecule has 0 aliphatic rings. The van der Waals surface area contributed by atoms with Crippen molar-refractivity contribution in [2.24, 2.45) is 0 Å². The Morgan fingerprint density at radius 3 is 2.11 bits per heavy atom. The molecule has 0 atom stereocenters. The van der Waals surface area contributed by atoms with E-state index in [0.29, 0.717) is 0 Å². The molecule has 0 saturated carbocycles. The first kappa shape index (κ1) is 14.2. The van der Waals surface area contributed by atoms with Gasteiger partial charge in [0.15, 0.2) is 0 Å². The van der Waals surface area contributed by atoms with Gasteiger partial charge in [-0.2, -0.15) is 22.5 Å². The summed E-state index contributed by atoms with van der Waals surface area (Å²) in [6.45, 7) is 2.85. The molecule has 1 aromatic heterocycles. The quantitative estimate of drug-likeness (QED) is 0.642. The van der Waals surface area contributed by atoms with Gasteiger partial charge in [-0.1, -0.05) is 0 Å². The topological polar surface area (TPSA) is 54.0 Å². The van der Waals surface area contributed by atoms with Crippen LogP contribution in [0, 0.1) is 23.5 Å². The number of carbonyl (C=O) groups is 1. The molecular weight excluding hydrogens is 254 g/mol. The molecule has 1 heterocycles. The van der Waals surface area contributed by atoms with Crippen molar-refractivity contribution in [1.29, 1.82) is 0 Å². The lowest BCUT2D eigenvalue weighted by molar-refractivity contribution is -0.119. The molecule has 0 aliphatic carbocycles. The van der Waals surface area contributed by atoms with Crippen molar-refractivity contribution < 1.29 is 22.4 Å². The Morgan fingerprint density at radius 1 is 1.17 bits per heavy atom. The van der Waals surface area contributed by atoms with Gasteiger partial charge in [-0.05, 0) is 13.8 Å². The fraction of sp³-hybridized carbons (Fsp3) is 0.400. The van der Waals surface area contributed by atoms with Gasteiger partial charge < -0.3 is 10.6 Å². The molecule has 0 bridgehead atoms. The first-order valence-electron chi connectivity index (χ1n) is 5.06. The molecule has 100 valence electrons. The number of halogens is 4. The van der Waals surface area contributed by atoms with E-state index in [1.807, 2.05) is 5.32 Å². The fourth-order valence-electron chi connectivity index (χ4n) is 1.18. The second kappa shape index (κ2) is 5.65. The van der Waals surface area contributed by atoms with Crippen LogP contribution in [0.3, 0.4) is 0 Å². The van der Waals surface area contributed by atoms with Gasteiger partial charge >= 0.3 is 0 Å². The molecule has 1 rings (SSSR count). The van der Waals surface area contributed by atoms with Gasteiger partial charge in [0.25, 0.3) is 11.9 Å². The molecule has 0 aromatic carbocycles. The molecule has 0 radical (unpaired) electrons. The Bertz CT molecular complexity index is 439. The van der Waals surface area contributed by atoms with Gasteiger partial charge in [0.2, 0.25) is 17.5 Å². The Morgan fingerprint density at radius 2 is 1.67 bits per heavy atom. The predicted octanol–water partition coefficient (Wildman–Crippen LogP) is 1.57. The van der Waals surface area contributed by atoms with Crippen LogP contribution in [-0.4, -0.2) is 23.5 Å². The summed E-state index contributed by atoms with van der Waals surface area (Å²) in [7, 11) is 0. The molecule has 4 nitrogen and oxygen atoms in total. The van der Waals surface area contributed by atoms with E-state index in [1.54, 1.807) is 13.8 Å². The smallest absolute Gasteiger partial charge is 0.253 e. The molecule has 0 fully saturated rings. The maximum atomic E-state index is 13.1. The highest BCUT2D eigenvalue weighted by molar-refractivity contribution is 5.80. The van der Waals surface area contributed by atoms with Gasteiger partial charge in [-0.15, -0.1) is 0 Å². The minimum Gasteiger partial charge on any atom is -0.371 e. The van der Waals surface area contributed by atoms with Crippen molar-refractivity contribution in [2.75, 3.05) is 11.9 Å². The van der Waals surface area contributed by atoms with Gasteiger partial charge in [0.1, 0.15) is 5.69 Å². The maximum absolute atomic E-state index is 13.1. The van der Waals surface area contributed by atoms with Crippen molar-refractivity contribution in [3.05, 3.63) is 23.5 Å². The standard InChI is InChI=1S/C10H11F4N3O/c1-4(2)16-5(18)3-15-8-6(11)9(13)17-10(14)7(8)12/h4H,3H2,1-2H3,(H,15,17)(H,16,18). The highest BCUT2D eigenvalue weighted by Gasteiger charge is 2.21. The van der Waals surface area contributed by atoms with E-state index in [2.05, 4.69) is 10.3 Å². The third-order valence-corrected chi connectivity index (χ3v) is 1.87. The molecule has 2 N–H and O–H groups in total. The number of nitrogens with zero attached hydrogens (tertiary/aromatic N) is 1. The maximum Gasteiger partial charge on any atom is 0.253 e. The average molecular weight is 265 g/mol. The Balaban J connectivity index is 2.82. The van der Waals surface area contributed by atoms with Gasteiger partial charge in [0.05, 0.1) is 6.54 Å². The van der Waals surface area contributed by atoms with E-state index in [-0.39, 0.29) is 6.04 Å². The van der Waals surface area contributed by atoms with Crippen molar-refractivity contribution in [2.45, 2.75) is 19.9 Å². The number of amides is 1. The molecule has 1 amide bonds. The zero-order valence-electron chi connectivity index (χ0n) is 9.65. The first-order valence-corrected chi connectivity index (χ1v) is 5.06. The lowest BCUT2D eigenvalue weighted by Crippen LogP contribution is -2.35. The van der Waals surface area contributed by atoms with Crippen LogP contribution in [-0.2, 0) is 4.79 Å². The average Bonchev–Trinajstić information content (AvgIpc) is 2.25. The zero-order valence-corrected chi connectivity index (χ0v) is 9.65. The second-order valence-corrected chi connectivity index (χ2v) is 3.77. The van der Waals surface area contributed by atoms with E-state index in [4.69, 9.17) is 0 Å². The molecule has 1 aromatic rings. The van der Waals surface area contributed by atoms with Crippen LogP contribution < -0.4 is 10.6 Å². The predicted molar refractivity (Wildman–Crippen MR) is 55.8 cm³/mol. The highest BCUT2D eigenvalue weighted by Crippen LogP contribution is 2.21. The van der Waals surface area contributed by atoms with E-state index in [9.17, 15) is 22.4 Å². The van der Waals surface area contributed by atoms with Crippen LogP contribution in [0.5, 0.6) is 0 Å². The Labute approximate surface area is 100 Å². The van der Waals surface area contributed by atoms with E-state index >= 15 is 0 Å². The van der Waals surface area contributed by atoms with Crippen LogP contribution in [0.25, 0.3) is 0 Å². The molecule has 0 saturated heterocycles. The Kier molecular flexibility index (Phi) is 4.46. The van der Waals surface area contributed by atoms with Crippen LogP contribution in [0.4, 0.5) is 23.2 Å². The lowest BCUT2D eigenvalue weighted by Gasteiger charge is -2.11. The number of rotatable bonds is 4. The minimum atomic E-state index is -1.78. The second-order valence-electron chi connectivity index (χ2n) is 3.77. The molecular formula is C10H11F4N3O. The largest absolute Gasteiger partial charge is 0.371 e. The SMILES string of the molecule is CC(C)NC(=O)CNc1c(F)c(F)nc(F)c1F. The van der Waals surface area contributed by atoms with E-state index in [1.165, 1.54) is 0 Å². The molecule has 0 spiro atoms. The Hall–Kier alpha value is -1.86. The first-order chi connectivity index (χ1) is 8.32. The number of anilines is 1. The monoisotopic (exact) mass is 265 g/mol. The molecule has 8 heteroatoms. The van der Waals surface area contributed by atoms with E-state index < -0.39 is 41.7 Å². The normalized spacial score (nSPS) is 10.6. The van der Waals surface area contributed by atoms with Gasteiger partial charge in [0, 0.05) is 6.04 Å². The lowest BCUT2D eigenvalue weighted by atomic mass is 10.3. The van der Waals surface area contributed by atoms with Gasteiger partial charge in [-0.25, -0.2) is 0 Å². The van der Waals surface area contributed by atoms with Crippen LogP contribution >= 0.6 is 0 Å². The molecule has 18 heavy (non-hydrogen) atoms.